The van der Waals surface area contributed by atoms with Gasteiger partial charge in [0.25, 0.3) is 0 Å². The zero-order valence-electron chi connectivity index (χ0n) is 10.8. The first kappa shape index (κ1) is 12.9. The number of amides is 1. The molecule has 104 valence electrons. The van der Waals surface area contributed by atoms with Gasteiger partial charge in [-0.2, -0.15) is 0 Å². The second-order valence-corrected chi connectivity index (χ2v) is 5.85. The summed E-state index contributed by atoms with van der Waals surface area (Å²) < 4.78 is 1.85. The molecule has 1 N–H and O–H groups in total. The predicted molar refractivity (Wildman–Crippen MR) is 70.9 cm³/mol. The Morgan fingerprint density at radius 3 is 3.11 bits per heavy atom. The number of aromatic nitrogens is 4. The van der Waals surface area contributed by atoms with E-state index in [-0.39, 0.29) is 5.91 Å². The van der Waals surface area contributed by atoms with Gasteiger partial charge >= 0.3 is 0 Å². The molecule has 1 aromatic rings. The van der Waals surface area contributed by atoms with Gasteiger partial charge in [-0.3, -0.25) is 4.79 Å². The summed E-state index contributed by atoms with van der Waals surface area (Å²) in [6.45, 7) is 3.53. The van der Waals surface area contributed by atoms with Crippen LogP contribution in [0, 0.1) is 0 Å². The van der Waals surface area contributed by atoms with Gasteiger partial charge in [-0.05, 0) is 36.2 Å². The van der Waals surface area contributed by atoms with E-state index >= 15 is 0 Å². The molecular formula is C11H18N6OS. The minimum atomic E-state index is 0.180. The van der Waals surface area contributed by atoms with E-state index in [1.165, 1.54) is 11.8 Å². The van der Waals surface area contributed by atoms with Gasteiger partial charge in [0.05, 0.1) is 11.8 Å². The average Bonchev–Trinajstić information content (AvgIpc) is 3.21. The smallest absolute Gasteiger partial charge is 0.233 e. The lowest BCUT2D eigenvalue weighted by Crippen LogP contribution is -2.35. The highest BCUT2D eigenvalue weighted by Gasteiger charge is 2.28. The Bertz CT molecular complexity index is 438. The summed E-state index contributed by atoms with van der Waals surface area (Å²) in [7, 11) is 0. The zero-order valence-corrected chi connectivity index (χ0v) is 11.6. The van der Waals surface area contributed by atoms with Gasteiger partial charge in [-0.1, -0.05) is 11.8 Å². The van der Waals surface area contributed by atoms with Gasteiger partial charge in [0.2, 0.25) is 11.1 Å². The van der Waals surface area contributed by atoms with Crippen molar-refractivity contribution in [1.82, 2.24) is 30.4 Å². The van der Waals surface area contributed by atoms with E-state index in [9.17, 15) is 4.79 Å². The summed E-state index contributed by atoms with van der Waals surface area (Å²) in [4.78, 5) is 14.1. The number of hydrogen-bond donors (Lipinski definition) is 1. The highest BCUT2D eigenvalue weighted by molar-refractivity contribution is 7.99. The molecule has 8 heteroatoms. The molecule has 0 spiro atoms. The lowest BCUT2D eigenvalue weighted by molar-refractivity contribution is -0.128. The summed E-state index contributed by atoms with van der Waals surface area (Å²) in [5, 5.41) is 15.7. The number of tetrazole rings is 1. The molecule has 19 heavy (non-hydrogen) atoms. The number of nitrogens with zero attached hydrogens (tertiary/aromatic N) is 5. The summed E-state index contributed by atoms with van der Waals surface area (Å²) in [5.41, 5.74) is 0. The van der Waals surface area contributed by atoms with Gasteiger partial charge in [-0.25, -0.2) is 4.68 Å². The first-order valence-corrected chi connectivity index (χ1v) is 7.72. The second-order valence-electron chi connectivity index (χ2n) is 4.91. The van der Waals surface area contributed by atoms with E-state index in [4.69, 9.17) is 0 Å². The van der Waals surface area contributed by atoms with Crippen LogP contribution < -0.4 is 5.32 Å². The zero-order chi connectivity index (χ0) is 13.1. The maximum absolute atomic E-state index is 12.1. The van der Waals surface area contributed by atoms with Crippen molar-refractivity contribution >= 4 is 17.7 Å². The second kappa shape index (κ2) is 5.87. The number of nitrogens with one attached hydrogen (secondary N) is 1. The van der Waals surface area contributed by atoms with E-state index in [2.05, 4.69) is 20.8 Å². The topological polar surface area (TPSA) is 75.9 Å². The summed E-state index contributed by atoms with van der Waals surface area (Å²) in [6, 6.07) is 0.454. The van der Waals surface area contributed by atoms with Crippen LogP contribution in [0.5, 0.6) is 0 Å². The third-order valence-corrected chi connectivity index (χ3v) is 4.29. The molecular weight excluding hydrogens is 264 g/mol. The first-order valence-electron chi connectivity index (χ1n) is 6.74. The molecule has 2 aliphatic rings. The monoisotopic (exact) mass is 282 g/mol. The lowest BCUT2D eigenvalue weighted by Gasteiger charge is -2.19. The van der Waals surface area contributed by atoms with Crippen LogP contribution in [0.1, 0.15) is 25.3 Å². The van der Waals surface area contributed by atoms with Gasteiger partial charge < -0.3 is 10.2 Å². The maximum Gasteiger partial charge on any atom is 0.233 e. The molecule has 0 aromatic carbocycles. The van der Waals surface area contributed by atoms with E-state index in [1.54, 1.807) is 0 Å². The Balaban J connectivity index is 1.53. The van der Waals surface area contributed by atoms with Crippen LogP contribution in [0.2, 0.25) is 0 Å². The first-order chi connectivity index (χ1) is 9.34. The fourth-order valence-electron chi connectivity index (χ4n) is 2.14. The van der Waals surface area contributed by atoms with Crippen molar-refractivity contribution in [2.45, 2.75) is 30.5 Å². The maximum atomic E-state index is 12.1. The van der Waals surface area contributed by atoms with E-state index in [1.807, 2.05) is 9.58 Å². The Morgan fingerprint density at radius 1 is 1.37 bits per heavy atom. The molecule has 0 atom stereocenters. The molecule has 1 saturated carbocycles. The van der Waals surface area contributed by atoms with Crippen molar-refractivity contribution in [3.63, 3.8) is 0 Å². The number of rotatable bonds is 4. The average molecular weight is 282 g/mol. The third kappa shape index (κ3) is 3.24. The van der Waals surface area contributed by atoms with Crippen LogP contribution in [0.3, 0.4) is 0 Å². The van der Waals surface area contributed by atoms with Crippen LogP contribution >= 0.6 is 11.8 Å². The fourth-order valence-corrected chi connectivity index (χ4v) is 2.99. The van der Waals surface area contributed by atoms with Crippen LogP contribution in [-0.4, -0.2) is 62.9 Å². The molecule has 0 unspecified atom stereocenters. The number of carbonyl (C=O) groups is 1. The van der Waals surface area contributed by atoms with Crippen molar-refractivity contribution in [3.8, 4) is 0 Å². The predicted octanol–water partition coefficient (Wildman–Crippen LogP) is -0.0780. The Labute approximate surface area is 116 Å². The molecule has 1 saturated heterocycles. The highest BCUT2D eigenvalue weighted by atomic mass is 32.2. The van der Waals surface area contributed by atoms with Crippen LogP contribution in [0.15, 0.2) is 5.16 Å². The molecule has 1 aliphatic heterocycles. The van der Waals surface area contributed by atoms with Gasteiger partial charge in [0.1, 0.15) is 0 Å². The quantitative estimate of drug-likeness (QED) is 0.779. The Kier molecular flexibility index (Phi) is 3.97. The molecule has 0 radical (unpaired) electrons. The molecule has 1 aromatic heterocycles. The van der Waals surface area contributed by atoms with Crippen molar-refractivity contribution in [3.05, 3.63) is 0 Å². The minimum absolute atomic E-state index is 0.180. The molecule has 1 aliphatic carbocycles. The molecule has 1 amide bonds. The van der Waals surface area contributed by atoms with Gasteiger partial charge in [-0.15, -0.1) is 5.10 Å². The van der Waals surface area contributed by atoms with Crippen LogP contribution in [-0.2, 0) is 4.79 Å². The van der Waals surface area contributed by atoms with Gasteiger partial charge in [0, 0.05) is 19.6 Å². The van der Waals surface area contributed by atoms with Crippen molar-refractivity contribution < 1.29 is 4.79 Å². The van der Waals surface area contributed by atoms with Gasteiger partial charge in [0.15, 0.2) is 0 Å². The lowest BCUT2D eigenvalue weighted by atomic mass is 10.4. The Morgan fingerprint density at radius 2 is 2.26 bits per heavy atom. The largest absolute Gasteiger partial charge is 0.341 e. The number of thioether (sulfide) groups is 1. The van der Waals surface area contributed by atoms with Crippen LogP contribution in [0.25, 0.3) is 0 Å². The molecule has 0 bridgehead atoms. The van der Waals surface area contributed by atoms with Crippen LogP contribution in [0.4, 0.5) is 0 Å². The fraction of sp³-hybridized carbons (Fsp3) is 0.818. The van der Waals surface area contributed by atoms with Crippen molar-refractivity contribution in [1.29, 1.82) is 0 Å². The summed E-state index contributed by atoms with van der Waals surface area (Å²) in [5.74, 6) is 0.603. The molecule has 2 heterocycles. The van der Waals surface area contributed by atoms with E-state index in [0.29, 0.717) is 11.8 Å². The molecule has 2 fully saturated rings. The Hall–Kier alpha value is -1.15. The molecule has 7 nitrogen and oxygen atoms in total. The SMILES string of the molecule is O=C(CSc1nnnn1C1CC1)N1CCCNCC1. The number of carbonyl (C=O) groups excluding carboxylic acids is 1. The van der Waals surface area contributed by atoms with E-state index < -0.39 is 0 Å². The molecule has 3 rings (SSSR count). The van der Waals surface area contributed by atoms with Crippen molar-refractivity contribution in [2.24, 2.45) is 0 Å². The normalized spacial score (nSPS) is 20.3. The minimum Gasteiger partial charge on any atom is -0.341 e. The van der Waals surface area contributed by atoms with Crippen molar-refractivity contribution in [2.75, 3.05) is 31.9 Å². The number of hydrogen-bond acceptors (Lipinski definition) is 6. The standard InChI is InChI=1S/C11H18N6OS/c18-10(16-6-1-4-12-5-7-16)8-19-11-13-14-15-17(11)9-2-3-9/h9,12H,1-8H2. The third-order valence-electron chi connectivity index (χ3n) is 3.37. The summed E-state index contributed by atoms with van der Waals surface area (Å²) in [6.07, 6.45) is 3.31. The highest BCUT2D eigenvalue weighted by Crippen LogP contribution is 2.36. The van der Waals surface area contributed by atoms with E-state index in [0.717, 1.165) is 50.6 Å². The summed E-state index contributed by atoms with van der Waals surface area (Å²) >= 11 is 1.45.